The van der Waals surface area contributed by atoms with Crippen molar-refractivity contribution in [2.24, 2.45) is 5.41 Å². The molecule has 1 aliphatic rings. The molecule has 0 fully saturated rings. The van der Waals surface area contributed by atoms with E-state index in [9.17, 15) is 4.79 Å². The Labute approximate surface area is 270 Å². The van der Waals surface area contributed by atoms with E-state index in [1.165, 1.54) is 51.5 Å². The molecule has 2 heteroatoms. The predicted molar refractivity (Wildman–Crippen MR) is 194 cm³/mol. The van der Waals surface area contributed by atoms with Crippen molar-refractivity contribution in [2.45, 2.75) is 108 Å². The Morgan fingerprint density at radius 3 is 1.68 bits per heavy atom. The van der Waals surface area contributed by atoms with Crippen molar-refractivity contribution in [1.82, 2.24) is 0 Å². The van der Waals surface area contributed by atoms with Gasteiger partial charge >= 0.3 is 5.97 Å². The van der Waals surface area contributed by atoms with E-state index in [4.69, 9.17) is 4.74 Å². The molecule has 238 valence electrons. The highest BCUT2D eigenvalue weighted by Crippen LogP contribution is 2.42. The quantitative estimate of drug-likeness (QED) is 0.114. The zero-order valence-corrected chi connectivity index (χ0v) is 29.5. The molecule has 1 unspecified atom stereocenters. The van der Waals surface area contributed by atoms with E-state index < -0.39 is 0 Å². The molecule has 2 nitrogen and oxygen atoms in total. The smallest absolute Gasteiger partial charge is 0.302 e. The second-order valence-corrected chi connectivity index (χ2v) is 13.0. The van der Waals surface area contributed by atoms with Gasteiger partial charge in [0, 0.05) is 13.3 Å². The molecule has 0 N–H and O–H groups in total. The van der Waals surface area contributed by atoms with Gasteiger partial charge in [0.2, 0.25) is 0 Å². The van der Waals surface area contributed by atoms with Gasteiger partial charge in [-0.2, -0.15) is 0 Å². The second kappa shape index (κ2) is 20.3. The molecule has 0 spiro atoms. The Morgan fingerprint density at radius 1 is 0.727 bits per heavy atom. The molecule has 0 aromatic carbocycles. The van der Waals surface area contributed by atoms with E-state index in [0.29, 0.717) is 0 Å². The SMILES string of the molecule is CC(=O)OC1CC(C)=C(/C=C/C(C)=C/C=C/C(C)=C/C=C/C=C(C)\C=C/C=C(C)/C=C/C=C(/C)CCC=C(C)C)C(C)(C)C1. The van der Waals surface area contributed by atoms with Crippen molar-refractivity contribution >= 4 is 5.97 Å². The van der Waals surface area contributed by atoms with Crippen LogP contribution in [0.2, 0.25) is 0 Å². The Morgan fingerprint density at radius 2 is 1.20 bits per heavy atom. The summed E-state index contributed by atoms with van der Waals surface area (Å²) in [4.78, 5) is 11.4. The molecular formula is C42H58O2. The van der Waals surface area contributed by atoms with Crippen LogP contribution >= 0.6 is 0 Å². The largest absolute Gasteiger partial charge is 0.462 e. The van der Waals surface area contributed by atoms with E-state index in [-0.39, 0.29) is 17.5 Å². The van der Waals surface area contributed by atoms with Crippen LogP contribution in [0.5, 0.6) is 0 Å². The Hall–Kier alpha value is -3.65. The molecule has 0 bridgehead atoms. The maximum atomic E-state index is 11.4. The van der Waals surface area contributed by atoms with E-state index >= 15 is 0 Å². The summed E-state index contributed by atoms with van der Waals surface area (Å²) >= 11 is 0. The molecule has 1 aliphatic carbocycles. The van der Waals surface area contributed by atoms with Crippen molar-refractivity contribution in [1.29, 1.82) is 0 Å². The van der Waals surface area contributed by atoms with Crippen LogP contribution in [-0.4, -0.2) is 12.1 Å². The minimum Gasteiger partial charge on any atom is -0.462 e. The van der Waals surface area contributed by atoms with Crippen LogP contribution in [0, 0.1) is 5.41 Å². The summed E-state index contributed by atoms with van der Waals surface area (Å²) in [6, 6.07) is 0. The summed E-state index contributed by atoms with van der Waals surface area (Å²) < 4.78 is 5.50. The number of esters is 1. The molecule has 0 aromatic heterocycles. The summed E-state index contributed by atoms with van der Waals surface area (Å²) in [5, 5.41) is 0. The Balaban J connectivity index is 2.64. The van der Waals surface area contributed by atoms with Crippen LogP contribution in [0.3, 0.4) is 0 Å². The third kappa shape index (κ3) is 17.5. The monoisotopic (exact) mass is 594 g/mol. The van der Waals surface area contributed by atoms with Crippen LogP contribution in [0.1, 0.15) is 102 Å². The van der Waals surface area contributed by atoms with Crippen LogP contribution in [0.25, 0.3) is 0 Å². The number of carbonyl (C=O) groups excluding carboxylic acids is 1. The van der Waals surface area contributed by atoms with Crippen molar-refractivity contribution < 1.29 is 9.53 Å². The Kier molecular flexibility index (Phi) is 17.7. The van der Waals surface area contributed by atoms with Crippen LogP contribution in [-0.2, 0) is 9.53 Å². The number of hydrogen-bond donors (Lipinski definition) is 0. The molecule has 0 aromatic rings. The first-order valence-electron chi connectivity index (χ1n) is 15.9. The molecule has 0 aliphatic heterocycles. The van der Waals surface area contributed by atoms with Gasteiger partial charge in [0.05, 0.1) is 0 Å². The molecule has 0 radical (unpaired) electrons. The number of hydrogen-bond acceptors (Lipinski definition) is 2. The van der Waals surface area contributed by atoms with Gasteiger partial charge in [0.15, 0.2) is 0 Å². The summed E-state index contributed by atoms with van der Waals surface area (Å²) in [5.74, 6) is -0.200. The van der Waals surface area contributed by atoms with E-state index in [0.717, 1.165) is 25.7 Å². The standard InChI is InChI=1S/C42H58O2/c1-32(2)18-14-21-35(5)24-16-26-36(6)25-15-22-33(3)19-12-13-20-34(4)23-17-27-37(7)28-29-41-38(8)30-40(44-39(9)43)31-42(41,10)11/h12-13,15-20,22-29,40H,14,21,30-31H2,1-11H3/b13-12+,22-15-,23-17+,26-16+,29-28+,33-19-,34-20+,35-24-,36-25+,37-27+. The third-order valence-electron chi connectivity index (χ3n) is 7.40. The first kappa shape index (κ1) is 38.4. The van der Waals surface area contributed by atoms with Crippen molar-refractivity contribution in [3.05, 3.63) is 142 Å². The van der Waals surface area contributed by atoms with Crippen LogP contribution in [0.4, 0.5) is 0 Å². The normalized spacial score (nSPS) is 19.4. The topological polar surface area (TPSA) is 26.3 Å². The highest BCUT2D eigenvalue weighted by atomic mass is 16.5. The molecule has 0 amide bonds. The number of ether oxygens (including phenoxy) is 1. The molecule has 0 heterocycles. The lowest BCUT2D eigenvalue weighted by atomic mass is 9.71. The van der Waals surface area contributed by atoms with Crippen molar-refractivity contribution in [3.8, 4) is 0 Å². The van der Waals surface area contributed by atoms with Gasteiger partial charge < -0.3 is 4.74 Å². The fourth-order valence-corrected chi connectivity index (χ4v) is 5.06. The summed E-state index contributed by atoms with van der Waals surface area (Å²) in [6.07, 6.45) is 38.1. The maximum absolute atomic E-state index is 11.4. The lowest BCUT2D eigenvalue weighted by molar-refractivity contribution is -0.147. The molecule has 44 heavy (non-hydrogen) atoms. The lowest BCUT2D eigenvalue weighted by Crippen LogP contribution is -2.31. The van der Waals surface area contributed by atoms with Gasteiger partial charge in [-0.1, -0.05) is 150 Å². The average molecular weight is 595 g/mol. The van der Waals surface area contributed by atoms with E-state index in [1.807, 2.05) is 0 Å². The van der Waals surface area contributed by atoms with Gasteiger partial charge in [-0.05, 0) is 85.6 Å². The van der Waals surface area contributed by atoms with Gasteiger partial charge in [-0.3, -0.25) is 4.79 Å². The van der Waals surface area contributed by atoms with Gasteiger partial charge in [-0.15, -0.1) is 0 Å². The third-order valence-corrected chi connectivity index (χ3v) is 7.40. The molecule has 0 saturated carbocycles. The van der Waals surface area contributed by atoms with Crippen molar-refractivity contribution in [3.63, 3.8) is 0 Å². The number of rotatable bonds is 14. The van der Waals surface area contributed by atoms with E-state index in [2.05, 4.69) is 166 Å². The second-order valence-electron chi connectivity index (χ2n) is 13.0. The van der Waals surface area contributed by atoms with Crippen LogP contribution in [0.15, 0.2) is 142 Å². The minimum absolute atomic E-state index is 0.0295. The first-order valence-corrected chi connectivity index (χ1v) is 15.9. The lowest BCUT2D eigenvalue weighted by Gasteiger charge is -2.37. The predicted octanol–water partition coefficient (Wildman–Crippen LogP) is 12.3. The molecule has 1 atom stereocenters. The zero-order valence-electron chi connectivity index (χ0n) is 29.5. The average Bonchev–Trinajstić information content (AvgIpc) is 2.89. The van der Waals surface area contributed by atoms with Crippen molar-refractivity contribution in [2.75, 3.05) is 0 Å². The fraction of sp³-hybridized carbons (Fsp3) is 0.405. The molecule has 1 rings (SSSR count). The van der Waals surface area contributed by atoms with Gasteiger partial charge in [0.1, 0.15) is 6.10 Å². The number of allylic oxidation sites excluding steroid dienone is 23. The fourth-order valence-electron chi connectivity index (χ4n) is 5.06. The Bertz CT molecular complexity index is 1330. The van der Waals surface area contributed by atoms with Gasteiger partial charge in [0.25, 0.3) is 0 Å². The number of carbonyl (C=O) groups is 1. The highest BCUT2D eigenvalue weighted by molar-refractivity contribution is 5.66. The van der Waals surface area contributed by atoms with Crippen LogP contribution < -0.4 is 0 Å². The van der Waals surface area contributed by atoms with E-state index in [1.54, 1.807) is 0 Å². The molecule has 0 saturated heterocycles. The zero-order chi connectivity index (χ0) is 33.1. The summed E-state index contributed by atoms with van der Waals surface area (Å²) in [6.45, 7) is 23.0. The molecular weight excluding hydrogens is 536 g/mol. The maximum Gasteiger partial charge on any atom is 0.302 e. The summed E-state index contributed by atoms with van der Waals surface area (Å²) in [7, 11) is 0. The minimum atomic E-state index is -0.200. The summed E-state index contributed by atoms with van der Waals surface area (Å²) in [5.41, 5.74) is 10.2. The van der Waals surface area contributed by atoms with Gasteiger partial charge in [-0.25, -0.2) is 0 Å². The first-order chi connectivity index (χ1) is 20.7. The highest BCUT2D eigenvalue weighted by Gasteiger charge is 2.33.